The van der Waals surface area contributed by atoms with Crippen LogP contribution in [0, 0.1) is 0 Å². The first-order chi connectivity index (χ1) is 6.20. The molecule has 1 heterocycles. The zero-order valence-electron chi connectivity index (χ0n) is 7.76. The number of nitrogens with two attached hydrogens (primary N) is 1. The van der Waals surface area contributed by atoms with Crippen LogP contribution in [0.25, 0.3) is 0 Å². The average Bonchev–Trinajstić information content (AvgIpc) is 2.63. The number of anilines is 1. The first-order valence-electron chi connectivity index (χ1n) is 4.67. The molecule has 1 aromatic heterocycles. The Kier molecular flexibility index (Phi) is 2.32. The summed E-state index contributed by atoms with van der Waals surface area (Å²) in [7, 11) is 1.99. The molecular formula is C9H14BrN3. The molecule has 0 atom stereocenters. The van der Waals surface area contributed by atoms with Gasteiger partial charge in [0.05, 0.1) is 5.69 Å². The zero-order chi connectivity index (χ0) is 9.42. The summed E-state index contributed by atoms with van der Waals surface area (Å²) in [6.07, 6.45) is 5.22. The average molecular weight is 244 g/mol. The van der Waals surface area contributed by atoms with Gasteiger partial charge in [0.15, 0.2) is 0 Å². The summed E-state index contributed by atoms with van der Waals surface area (Å²) in [6.45, 7) is 0. The minimum absolute atomic E-state index is 0.605. The van der Waals surface area contributed by atoms with Crippen LogP contribution in [0.5, 0.6) is 0 Å². The molecule has 2 N–H and O–H groups in total. The number of aromatic nitrogens is 2. The smallest absolute Gasteiger partial charge is 0.201 e. The summed E-state index contributed by atoms with van der Waals surface area (Å²) in [5.74, 6) is 1.26. The van der Waals surface area contributed by atoms with E-state index in [4.69, 9.17) is 5.73 Å². The summed E-state index contributed by atoms with van der Waals surface area (Å²) >= 11 is 3.47. The zero-order valence-corrected chi connectivity index (χ0v) is 9.34. The van der Waals surface area contributed by atoms with Crippen LogP contribution in [0.3, 0.4) is 0 Å². The fourth-order valence-electron chi connectivity index (χ4n) is 2.14. The quantitative estimate of drug-likeness (QED) is 0.824. The Balaban J connectivity index is 2.37. The predicted octanol–water partition coefficient (Wildman–Crippen LogP) is 2.42. The molecule has 72 valence electrons. The predicted molar refractivity (Wildman–Crippen MR) is 56.5 cm³/mol. The third-order valence-corrected chi connectivity index (χ3v) is 3.45. The molecule has 1 aliphatic rings. The molecule has 0 aliphatic heterocycles. The van der Waals surface area contributed by atoms with Crippen LogP contribution in [0.4, 0.5) is 5.95 Å². The number of halogens is 1. The van der Waals surface area contributed by atoms with Crippen molar-refractivity contribution in [3.05, 3.63) is 10.3 Å². The molecule has 0 spiro atoms. The van der Waals surface area contributed by atoms with E-state index >= 15 is 0 Å². The highest BCUT2D eigenvalue weighted by atomic mass is 79.9. The molecule has 1 aliphatic carbocycles. The van der Waals surface area contributed by atoms with Crippen LogP contribution in [0.15, 0.2) is 4.60 Å². The van der Waals surface area contributed by atoms with Gasteiger partial charge >= 0.3 is 0 Å². The van der Waals surface area contributed by atoms with Crippen molar-refractivity contribution in [2.45, 2.75) is 31.6 Å². The number of hydrogen-bond acceptors (Lipinski definition) is 2. The van der Waals surface area contributed by atoms with Gasteiger partial charge in [-0.2, -0.15) is 0 Å². The minimum atomic E-state index is 0.605. The number of hydrogen-bond donors (Lipinski definition) is 1. The van der Waals surface area contributed by atoms with E-state index in [1.54, 1.807) is 0 Å². The van der Waals surface area contributed by atoms with Gasteiger partial charge in [-0.05, 0) is 28.8 Å². The molecule has 4 heteroatoms. The third-order valence-electron chi connectivity index (χ3n) is 2.87. The van der Waals surface area contributed by atoms with Crippen molar-refractivity contribution >= 4 is 21.9 Å². The van der Waals surface area contributed by atoms with Crippen molar-refractivity contribution in [3.8, 4) is 0 Å². The Labute approximate surface area is 86.5 Å². The summed E-state index contributed by atoms with van der Waals surface area (Å²) in [5.41, 5.74) is 7.00. The molecule has 3 nitrogen and oxygen atoms in total. The Morgan fingerprint density at radius 2 is 2.08 bits per heavy atom. The molecular weight excluding hydrogens is 230 g/mol. The van der Waals surface area contributed by atoms with Gasteiger partial charge < -0.3 is 10.3 Å². The summed E-state index contributed by atoms with van der Waals surface area (Å²) < 4.78 is 2.93. The van der Waals surface area contributed by atoms with Crippen LogP contribution in [0.1, 0.15) is 37.3 Å². The van der Waals surface area contributed by atoms with Crippen LogP contribution >= 0.6 is 15.9 Å². The molecule has 0 amide bonds. The summed E-state index contributed by atoms with van der Waals surface area (Å²) in [5, 5.41) is 0. The highest BCUT2D eigenvalue weighted by Gasteiger charge is 2.23. The van der Waals surface area contributed by atoms with E-state index in [1.807, 2.05) is 11.6 Å². The van der Waals surface area contributed by atoms with Gasteiger partial charge in [-0.3, -0.25) is 0 Å². The second-order valence-corrected chi connectivity index (χ2v) is 4.44. The summed E-state index contributed by atoms with van der Waals surface area (Å²) in [4.78, 5) is 4.21. The molecule has 0 radical (unpaired) electrons. The summed E-state index contributed by atoms with van der Waals surface area (Å²) in [6, 6.07) is 0. The van der Waals surface area contributed by atoms with E-state index in [9.17, 15) is 0 Å². The maximum atomic E-state index is 5.73. The number of nitrogens with zero attached hydrogens (tertiary/aromatic N) is 2. The van der Waals surface area contributed by atoms with Gasteiger partial charge in [0.25, 0.3) is 0 Å². The van der Waals surface area contributed by atoms with Crippen molar-refractivity contribution in [2.75, 3.05) is 5.73 Å². The lowest BCUT2D eigenvalue weighted by Gasteiger charge is -2.10. The molecule has 13 heavy (non-hydrogen) atoms. The molecule has 0 aromatic carbocycles. The van der Waals surface area contributed by atoms with E-state index in [2.05, 4.69) is 20.9 Å². The highest BCUT2D eigenvalue weighted by Crippen LogP contribution is 2.37. The van der Waals surface area contributed by atoms with Crippen LogP contribution in [-0.4, -0.2) is 9.55 Å². The molecule has 0 saturated heterocycles. The normalized spacial score (nSPS) is 18.3. The second-order valence-electron chi connectivity index (χ2n) is 3.69. The number of imidazole rings is 1. The first kappa shape index (κ1) is 9.06. The van der Waals surface area contributed by atoms with E-state index in [1.165, 1.54) is 31.4 Å². The van der Waals surface area contributed by atoms with Crippen molar-refractivity contribution in [2.24, 2.45) is 7.05 Å². The second kappa shape index (κ2) is 3.33. The first-order valence-corrected chi connectivity index (χ1v) is 5.47. The van der Waals surface area contributed by atoms with Gasteiger partial charge in [-0.25, -0.2) is 4.98 Å². The lowest BCUT2D eigenvalue weighted by molar-refractivity contribution is 0.656. The lowest BCUT2D eigenvalue weighted by atomic mass is 10.1. The Morgan fingerprint density at radius 1 is 1.46 bits per heavy atom. The van der Waals surface area contributed by atoms with Gasteiger partial charge in [0.1, 0.15) is 4.60 Å². The highest BCUT2D eigenvalue weighted by molar-refractivity contribution is 9.10. The standard InChI is InChI=1S/C9H14BrN3/c1-13-7(6-4-2-3-5-6)8(10)12-9(13)11/h6H,2-5H2,1H3,(H2,11,12). The molecule has 0 unspecified atom stereocenters. The van der Waals surface area contributed by atoms with Crippen LogP contribution in [0.2, 0.25) is 0 Å². The Bertz CT molecular complexity index is 313. The van der Waals surface area contributed by atoms with Crippen molar-refractivity contribution in [1.82, 2.24) is 9.55 Å². The number of rotatable bonds is 1. The van der Waals surface area contributed by atoms with Crippen molar-refractivity contribution in [1.29, 1.82) is 0 Å². The van der Waals surface area contributed by atoms with Gasteiger partial charge in [-0.15, -0.1) is 0 Å². The molecule has 1 saturated carbocycles. The minimum Gasteiger partial charge on any atom is -0.369 e. The van der Waals surface area contributed by atoms with Crippen molar-refractivity contribution < 1.29 is 0 Å². The molecule has 1 aromatic rings. The third kappa shape index (κ3) is 1.47. The van der Waals surface area contributed by atoms with Gasteiger partial charge in [0, 0.05) is 13.0 Å². The number of nitrogen functional groups attached to an aromatic ring is 1. The molecule has 1 fully saturated rings. The van der Waals surface area contributed by atoms with Crippen LogP contribution < -0.4 is 5.73 Å². The Morgan fingerprint density at radius 3 is 2.54 bits per heavy atom. The fraction of sp³-hybridized carbons (Fsp3) is 0.667. The van der Waals surface area contributed by atoms with Crippen LogP contribution in [-0.2, 0) is 7.05 Å². The maximum absolute atomic E-state index is 5.73. The van der Waals surface area contributed by atoms with E-state index in [-0.39, 0.29) is 0 Å². The molecule has 2 rings (SSSR count). The lowest BCUT2D eigenvalue weighted by Crippen LogP contribution is -2.04. The fourth-order valence-corrected chi connectivity index (χ4v) is 2.91. The van der Waals surface area contributed by atoms with Crippen molar-refractivity contribution in [3.63, 3.8) is 0 Å². The van der Waals surface area contributed by atoms with Gasteiger partial charge in [-0.1, -0.05) is 12.8 Å². The van der Waals surface area contributed by atoms with E-state index in [0.717, 1.165) is 4.60 Å². The Hall–Kier alpha value is -0.510. The topological polar surface area (TPSA) is 43.8 Å². The van der Waals surface area contributed by atoms with Gasteiger partial charge in [0.2, 0.25) is 5.95 Å². The van der Waals surface area contributed by atoms with E-state index in [0.29, 0.717) is 11.9 Å². The SMILES string of the molecule is Cn1c(N)nc(Br)c1C1CCCC1. The largest absolute Gasteiger partial charge is 0.369 e. The molecule has 0 bridgehead atoms. The maximum Gasteiger partial charge on any atom is 0.201 e. The monoisotopic (exact) mass is 243 g/mol. The van der Waals surface area contributed by atoms with E-state index < -0.39 is 0 Å².